The van der Waals surface area contributed by atoms with E-state index in [2.05, 4.69) is 20.6 Å². The van der Waals surface area contributed by atoms with Crippen LogP contribution in [0.25, 0.3) is 5.69 Å². The number of aliphatic carboxylic acids is 1. The van der Waals surface area contributed by atoms with E-state index in [1.54, 1.807) is 44.4 Å². The number of carboxylic acids is 1. The van der Waals surface area contributed by atoms with Crippen molar-refractivity contribution in [2.75, 3.05) is 11.9 Å². The molecule has 0 radical (unpaired) electrons. The van der Waals surface area contributed by atoms with E-state index in [1.807, 2.05) is 0 Å². The summed E-state index contributed by atoms with van der Waals surface area (Å²) in [4.78, 5) is 27.3. The van der Waals surface area contributed by atoms with Gasteiger partial charge in [0.15, 0.2) is 6.61 Å². The van der Waals surface area contributed by atoms with E-state index in [-0.39, 0.29) is 5.91 Å². The molecule has 138 valence electrons. The number of carbonyl (C=O) groups excluding carboxylic acids is 1. The van der Waals surface area contributed by atoms with Crippen LogP contribution in [0.2, 0.25) is 0 Å². The fraction of sp³-hybridized carbons (Fsp3) is 0.167. The number of anilines is 1. The second-order valence-corrected chi connectivity index (χ2v) is 5.86. The molecule has 0 aliphatic carbocycles. The molecule has 1 amide bonds. The first-order valence-corrected chi connectivity index (χ1v) is 8.03. The third-order valence-electron chi connectivity index (χ3n) is 3.73. The second kappa shape index (κ2) is 7.65. The van der Waals surface area contributed by atoms with E-state index in [4.69, 9.17) is 9.84 Å². The van der Waals surface area contributed by atoms with Crippen LogP contribution >= 0.6 is 0 Å². The minimum absolute atomic E-state index is 0.331. The highest BCUT2D eigenvalue weighted by Crippen LogP contribution is 2.27. The molecule has 0 spiro atoms. The Hall–Kier alpha value is -3.75. The van der Waals surface area contributed by atoms with Crippen molar-refractivity contribution < 1.29 is 19.4 Å². The molecule has 0 atom stereocenters. The maximum Gasteiger partial charge on any atom is 0.341 e. The standard InChI is InChI=1S/C18H17N5O4/c1-11-5-14(6-12(2)17(11)27-10-16(24)25)21-18(26)13-7-15(9-19-8-13)23-4-3-20-22-23/h3-9H,10H2,1-2H3,(H,21,26)(H,24,25). The number of carbonyl (C=O) groups is 2. The molecule has 9 heteroatoms. The van der Waals surface area contributed by atoms with Crippen LogP contribution in [0.5, 0.6) is 5.75 Å². The van der Waals surface area contributed by atoms with Crippen LogP contribution in [0.15, 0.2) is 43.0 Å². The normalized spacial score (nSPS) is 10.4. The Morgan fingerprint density at radius 2 is 1.93 bits per heavy atom. The molecule has 9 nitrogen and oxygen atoms in total. The first-order chi connectivity index (χ1) is 12.9. The zero-order valence-electron chi connectivity index (χ0n) is 14.7. The number of hydrogen-bond acceptors (Lipinski definition) is 6. The van der Waals surface area contributed by atoms with E-state index >= 15 is 0 Å². The minimum Gasteiger partial charge on any atom is -0.481 e. The molecule has 27 heavy (non-hydrogen) atoms. The minimum atomic E-state index is -1.05. The van der Waals surface area contributed by atoms with Gasteiger partial charge < -0.3 is 15.2 Å². The Morgan fingerprint density at radius 3 is 2.56 bits per heavy atom. The maximum absolute atomic E-state index is 12.6. The van der Waals surface area contributed by atoms with E-state index in [0.717, 1.165) is 11.1 Å². The fourth-order valence-corrected chi connectivity index (χ4v) is 2.61. The number of hydrogen-bond donors (Lipinski definition) is 2. The smallest absolute Gasteiger partial charge is 0.341 e. The van der Waals surface area contributed by atoms with Crippen molar-refractivity contribution >= 4 is 17.6 Å². The topological polar surface area (TPSA) is 119 Å². The molecule has 1 aromatic carbocycles. The number of pyridine rings is 1. The first-order valence-electron chi connectivity index (χ1n) is 8.03. The van der Waals surface area contributed by atoms with Crippen LogP contribution in [0.1, 0.15) is 21.5 Å². The number of aryl methyl sites for hydroxylation is 2. The summed E-state index contributed by atoms with van der Waals surface area (Å²) in [6.45, 7) is 3.15. The highest BCUT2D eigenvalue weighted by molar-refractivity contribution is 6.04. The lowest BCUT2D eigenvalue weighted by atomic mass is 10.1. The lowest BCUT2D eigenvalue weighted by molar-refractivity contribution is -0.139. The van der Waals surface area contributed by atoms with Gasteiger partial charge in [0.1, 0.15) is 5.75 Å². The molecule has 3 aromatic rings. The van der Waals surface area contributed by atoms with Crippen molar-refractivity contribution in [3.63, 3.8) is 0 Å². The van der Waals surface area contributed by atoms with Crippen LogP contribution in [0.4, 0.5) is 5.69 Å². The molecule has 3 rings (SSSR count). The lowest BCUT2D eigenvalue weighted by Gasteiger charge is -2.13. The third-order valence-corrected chi connectivity index (χ3v) is 3.73. The largest absolute Gasteiger partial charge is 0.481 e. The lowest BCUT2D eigenvalue weighted by Crippen LogP contribution is -2.14. The van der Waals surface area contributed by atoms with Crippen molar-refractivity contribution in [2.24, 2.45) is 0 Å². The summed E-state index contributed by atoms with van der Waals surface area (Å²) in [7, 11) is 0. The predicted molar refractivity (Wildman–Crippen MR) is 96.2 cm³/mol. The highest BCUT2D eigenvalue weighted by atomic mass is 16.5. The molecule has 2 N–H and O–H groups in total. The van der Waals surface area contributed by atoms with Crippen LogP contribution in [-0.4, -0.2) is 43.6 Å². The number of nitrogens with one attached hydrogen (secondary N) is 1. The second-order valence-electron chi connectivity index (χ2n) is 5.86. The molecule has 0 saturated carbocycles. The molecule has 0 saturated heterocycles. The zero-order valence-corrected chi connectivity index (χ0v) is 14.7. The third kappa shape index (κ3) is 4.27. The summed E-state index contributed by atoms with van der Waals surface area (Å²) >= 11 is 0. The number of benzene rings is 1. The molecular weight excluding hydrogens is 350 g/mol. The molecule has 0 unspecified atom stereocenters. The van der Waals surface area contributed by atoms with Gasteiger partial charge in [-0.2, -0.15) is 0 Å². The van der Waals surface area contributed by atoms with Crippen molar-refractivity contribution in [1.29, 1.82) is 0 Å². The number of amides is 1. The number of nitrogens with zero attached hydrogens (tertiary/aromatic N) is 4. The number of ether oxygens (including phenoxy) is 1. The quantitative estimate of drug-likeness (QED) is 0.684. The Balaban J connectivity index is 1.78. The van der Waals surface area contributed by atoms with Crippen molar-refractivity contribution in [3.05, 3.63) is 59.7 Å². The van der Waals surface area contributed by atoms with Gasteiger partial charge in [-0.3, -0.25) is 9.78 Å². The van der Waals surface area contributed by atoms with Crippen molar-refractivity contribution in [3.8, 4) is 11.4 Å². The van der Waals surface area contributed by atoms with Gasteiger partial charge in [-0.15, -0.1) is 5.10 Å². The Bertz CT molecular complexity index is 962. The van der Waals surface area contributed by atoms with Crippen LogP contribution in [0.3, 0.4) is 0 Å². The van der Waals surface area contributed by atoms with E-state index in [9.17, 15) is 9.59 Å². The van der Waals surface area contributed by atoms with E-state index in [0.29, 0.717) is 22.7 Å². The summed E-state index contributed by atoms with van der Waals surface area (Å²) in [6, 6.07) is 5.09. The van der Waals surface area contributed by atoms with E-state index < -0.39 is 12.6 Å². The van der Waals surface area contributed by atoms with Gasteiger partial charge in [0.2, 0.25) is 0 Å². The summed E-state index contributed by atoms with van der Waals surface area (Å²) in [5.41, 5.74) is 3.00. The van der Waals surface area contributed by atoms with Gasteiger partial charge in [-0.05, 0) is 43.2 Å². The molecule has 0 aliphatic rings. The number of rotatable bonds is 6. The maximum atomic E-state index is 12.6. The predicted octanol–water partition coefficient (Wildman–Crippen LogP) is 1.99. The Kier molecular flexibility index (Phi) is 5.11. The average molecular weight is 367 g/mol. The highest BCUT2D eigenvalue weighted by Gasteiger charge is 2.12. The fourth-order valence-electron chi connectivity index (χ4n) is 2.61. The monoisotopic (exact) mass is 367 g/mol. The summed E-state index contributed by atoms with van der Waals surface area (Å²) in [5.74, 6) is -0.890. The van der Waals surface area contributed by atoms with Gasteiger partial charge in [0, 0.05) is 11.9 Å². The van der Waals surface area contributed by atoms with Crippen molar-refractivity contribution in [1.82, 2.24) is 20.0 Å². The summed E-state index contributed by atoms with van der Waals surface area (Å²) in [6.07, 6.45) is 6.22. The zero-order chi connectivity index (χ0) is 19.4. The van der Waals surface area contributed by atoms with Crippen LogP contribution in [0, 0.1) is 13.8 Å². The van der Waals surface area contributed by atoms with Crippen molar-refractivity contribution in [2.45, 2.75) is 13.8 Å². The number of carboxylic acid groups (broad SMARTS) is 1. The molecule has 0 bridgehead atoms. The van der Waals surface area contributed by atoms with Crippen LogP contribution in [-0.2, 0) is 4.79 Å². The summed E-state index contributed by atoms with van der Waals surface area (Å²) < 4.78 is 6.80. The Morgan fingerprint density at radius 1 is 1.19 bits per heavy atom. The van der Waals surface area contributed by atoms with Gasteiger partial charge in [0.05, 0.1) is 29.8 Å². The van der Waals surface area contributed by atoms with Gasteiger partial charge in [-0.1, -0.05) is 5.21 Å². The van der Waals surface area contributed by atoms with E-state index in [1.165, 1.54) is 17.1 Å². The van der Waals surface area contributed by atoms with Gasteiger partial charge in [-0.25, -0.2) is 9.48 Å². The van der Waals surface area contributed by atoms with Crippen LogP contribution < -0.4 is 10.1 Å². The molecular formula is C18H17N5O4. The molecule has 2 aromatic heterocycles. The molecule has 0 fully saturated rings. The first kappa shape index (κ1) is 18.1. The summed E-state index contributed by atoms with van der Waals surface area (Å²) in [5, 5.41) is 19.2. The molecule has 2 heterocycles. The van der Waals surface area contributed by atoms with Gasteiger partial charge in [0.25, 0.3) is 5.91 Å². The van der Waals surface area contributed by atoms with Gasteiger partial charge >= 0.3 is 5.97 Å². The molecule has 0 aliphatic heterocycles. The SMILES string of the molecule is Cc1cc(NC(=O)c2cncc(-n3ccnn3)c2)cc(C)c1OCC(=O)O. The number of aromatic nitrogens is 4. The Labute approximate surface area is 154 Å². The average Bonchev–Trinajstić information content (AvgIpc) is 3.15.